The van der Waals surface area contributed by atoms with Crippen LogP contribution >= 0.6 is 0 Å². The Balaban J connectivity index is 1.96. The van der Waals surface area contributed by atoms with Crippen molar-refractivity contribution in [3.63, 3.8) is 0 Å². The summed E-state index contributed by atoms with van der Waals surface area (Å²) in [7, 11) is 0. The molecule has 3 N–H and O–H groups in total. The number of nitrogens with zero attached hydrogens (tertiary/aromatic N) is 3. The average Bonchev–Trinajstić information content (AvgIpc) is 3.12. The Morgan fingerprint density at radius 3 is 2.46 bits per heavy atom. The zero-order valence-electron chi connectivity index (χ0n) is 13.5. The van der Waals surface area contributed by atoms with Crippen LogP contribution in [0.4, 0.5) is 10.3 Å². The summed E-state index contributed by atoms with van der Waals surface area (Å²) < 4.78 is 14.3. The number of fused-ring (bicyclic) bond motifs is 1. The van der Waals surface area contributed by atoms with Crippen molar-refractivity contribution in [1.82, 2.24) is 14.8 Å². The second-order valence-electron chi connectivity index (χ2n) is 6.09. The zero-order valence-corrected chi connectivity index (χ0v) is 13.5. The van der Waals surface area contributed by atoms with Crippen LogP contribution in [-0.4, -0.2) is 30.9 Å². The van der Waals surface area contributed by atoms with Crippen LogP contribution in [0.5, 0.6) is 0 Å². The highest BCUT2D eigenvalue weighted by Gasteiger charge is 2.56. The van der Waals surface area contributed by atoms with E-state index in [0.717, 1.165) is 10.2 Å². The molecule has 132 valence electrons. The van der Waals surface area contributed by atoms with Gasteiger partial charge in [0.25, 0.3) is 5.72 Å². The fourth-order valence-corrected chi connectivity index (χ4v) is 3.43. The Morgan fingerprint density at radius 1 is 1.12 bits per heavy atom. The molecule has 0 unspecified atom stereocenters. The number of aliphatic hydroxyl groups is 1. The lowest BCUT2D eigenvalue weighted by Crippen LogP contribution is -2.54. The smallest absolute Gasteiger partial charge is 0.360 e. The Hall–Kier alpha value is -3.26. The molecule has 4 rings (SSSR count). The maximum atomic E-state index is 13.4. The molecule has 0 aliphatic carbocycles. The van der Waals surface area contributed by atoms with Crippen molar-refractivity contribution in [1.29, 1.82) is 0 Å². The second kappa shape index (κ2) is 5.92. The topological polar surface area (TPSA) is 100 Å². The number of benzene rings is 2. The van der Waals surface area contributed by atoms with Gasteiger partial charge in [-0.2, -0.15) is 14.8 Å². The first-order valence-electron chi connectivity index (χ1n) is 7.95. The number of anilines is 1. The summed E-state index contributed by atoms with van der Waals surface area (Å²) in [5, 5.41) is 28.1. The van der Waals surface area contributed by atoms with Crippen LogP contribution in [-0.2, 0) is 10.5 Å². The first kappa shape index (κ1) is 16.2. The van der Waals surface area contributed by atoms with Crippen LogP contribution in [0.15, 0.2) is 60.9 Å². The maximum absolute atomic E-state index is 13.4. The van der Waals surface area contributed by atoms with Crippen molar-refractivity contribution in [2.45, 2.75) is 17.7 Å². The first-order chi connectivity index (χ1) is 12.5. The van der Waals surface area contributed by atoms with E-state index in [0.29, 0.717) is 5.56 Å². The van der Waals surface area contributed by atoms with Crippen LogP contribution in [0.1, 0.15) is 23.1 Å². The number of carboxylic acids is 1. The lowest BCUT2D eigenvalue weighted by atomic mass is 9.78. The number of halogens is 1. The molecule has 8 heteroatoms. The molecule has 0 saturated heterocycles. The highest BCUT2D eigenvalue weighted by Crippen LogP contribution is 2.47. The van der Waals surface area contributed by atoms with E-state index in [1.165, 1.54) is 30.6 Å². The summed E-state index contributed by atoms with van der Waals surface area (Å²) in [5.41, 5.74) is -1.18. The monoisotopic (exact) mass is 354 g/mol. The van der Waals surface area contributed by atoms with E-state index >= 15 is 0 Å². The molecule has 1 aromatic heterocycles. The van der Waals surface area contributed by atoms with Crippen LogP contribution < -0.4 is 5.32 Å². The molecule has 2 heterocycles. The Kier molecular flexibility index (Phi) is 3.69. The molecular formula is C18H15FN4O3. The minimum Gasteiger partial charge on any atom is -0.478 e. The number of aromatic nitrogens is 3. The number of hydrogen-bond donors (Lipinski definition) is 3. The van der Waals surface area contributed by atoms with E-state index < -0.39 is 29.5 Å². The molecule has 7 nitrogen and oxygen atoms in total. The fraction of sp³-hybridized carbons (Fsp3) is 0.167. The molecule has 1 aliphatic heterocycles. The third-order valence-electron chi connectivity index (χ3n) is 4.62. The van der Waals surface area contributed by atoms with Crippen molar-refractivity contribution in [3.05, 3.63) is 77.9 Å². The van der Waals surface area contributed by atoms with Gasteiger partial charge in [-0.15, -0.1) is 0 Å². The zero-order chi connectivity index (χ0) is 18.3. The normalized spacial score (nSPS) is 24.5. The van der Waals surface area contributed by atoms with Gasteiger partial charge in [0.05, 0.1) is 12.0 Å². The van der Waals surface area contributed by atoms with Crippen molar-refractivity contribution >= 4 is 11.9 Å². The minimum absolute atomic E-state index is 0.141. The van der Waals surface area contributed by atoms with Gasteiger partial charge in [-0.05, 0) is 23.3 Å². The molecule has 0 amide bonds. The molecule has 0 spiro atoms. The highest BCUT2D eigenvalue weighted by atomic mass is 19.1. The molecule has 0 saturated carbocycles. The van der Waals surface area contributed by atoms with Gasteiger partial charge in [0, 0.05) is 0 Å². The van der Waals surface area contributed by atoms with E-state index in [-0.39, 0.29) is 5.95 Å². The quantitative estimate of drug-likeness (QED) is 0.666. The number of carbonyl (C=O) groups is 1. The van der Waals surface area contributed by atoms with E-state index in [1.807, 2.05) is 30.3 Å². The summed E-state index contributed by atoms with van der Waals surface area (Å²) in [6.45, 7) is 0. The molecule has 3 atom stereocenters. The third-order valence-corrected chi connectivity index (χ3v) is 4.62. The van der Waals surface area contributed by atoms with Gasteiger partial charge in [-0.1, -0.05) is 42.5 Å². The van der Waals surface area contributed by atoms with Gasteiger partial charge < -0.3 is 15.5 Å². The van der Waals surface area contributed by atoms with Gasteiger partial charge in [0.15, 0.2) is 0 Å². The van der Waals surface area contributed by atoms with Crippen molar-refractivity contribution in [3.8, 4) is 0 Å². The number of hydrogen-bond acceptors (Lipinski definition) is 5. The lowest BCUT2D eigenvalue weighted by molar-refractivity contribution is -0.179. The van der Waals surface area contributed by atoms with Crippen LogP contribution in [0.25, 0.3) is 0 Å². The molecule has 0 fully saturated rings. The Morgan fingerprint density at radius 2 is 1.81 bits per heavy atom. The number of rotatable bonds is 3. The number of nitrogens with one attached hydrogen (secondary N) is 1. The first-order valence-corrected chi connectivity index (χ1v) is 7.95. The fourth-order valence-electron chi connectivity index (χ4n) is 3.43. The van der Waals surface area contributed by atoms with E-state index in [1.54, 1.807) is 0 Å². The van der Waals surface area contributed by atoms with Gasteiger partial charge >= 0.3 is 5.97 Å². The molecule has 2 aromatic carbocycles. The van der Waals surface area contributed by atoms with E-state index in [4.69, 9.17) is 0 Å². The molecule has 1 aliphatic rings. The summed E-state index contributed by atoms with van der Waals surface area (Å²) in [5.74, 6) is -2.76. The van der Waals surface area contributed by atoms with Crippen molar-refractivity contribution in [2.24, 2.45) is 0 Å². The third kappa shape index (κ3) is 2.34. The highest BCUT2D eigenvalue weighted by molar-refractivity contribution is 5.78. The van der Waals surface area contributed by atoms with Gasteiger partial charge in [0.2, 0.25) is 5.95 Å². The Bertz CT molecular complexity index is 945. The SMILES string of the molecule is O=C(O)[C@]1(O)[C@@H](c2ccc(F)cc2)[C@@H](c2ccccc2)Nc2ncnn21. The van der Waals surface area contributed by atoms with Crippen LogP contribution in [0.2, 0.25) is 0 Å². The molecule has 3 aromatic rings. The standard InChI is InChI=1S/C18H15FN4O3/c19-13-8-6-11(7-9-13)14-15(12-4-2-1-3-5-12)22-17-20-10-21-23(17)18(14,26)16(24)25/h1-10,14-15,26H,(H,24,25)(H,20,21,22)/t14-,15+,18+/m0/s1. The molecule has 0 bridgehead atoms. The van der Waals surface area contributed by atoms with Crippen molar-refractivity contribution in [2.75, 3.05) is 5.32 Å². The molecule has 26 heavy (non-hydrogen) atoms. The van der Waals surface area contributed by atoms with Gasteiger partial charge in [-0.3, -0.25) is 0 Å². The Labute approximate surface area is 147 Å². The van der Waals surface area contributed by atoms with E-state index in [9.17, 15) is 19.4 Å². The average molecular weight is 354 g/mol. The summed E-state index contributed by atoms with van der Waals surface area (Å²) in [4.78, 5) is 16.1. The maximum Gasteiger partial charge on any atom is 0.360 e. The molecular weight excluding hydrogens is 339 g/mol. The summed E-state index contributed by atoms with van der Waals surface area (Å²) in [6.07, 6.45) is 1.17. The summed E-state index contributed by atoms with van der Waals surface area (Å²) in [6, 6.07) is 13.9. The van der Waals surface area contributed by atoms with Gasteiger partial charge in [-0.25, -0.2) is 9.18 Å². The second-order valence-corrected chi connectivity index (χ2v) is 6.09. The van der Waals surface area contributed by atoms with Crippen molar-refractivity contribution < 1.29 is 19.4 Å². The number of carboxylic acid groups (broad SMARTS) is 1. The predicted molar refractivity (Wildman–Crippen MR) is 89.8 cm³/mol. The largest absolute Gasteiger partial charge is 0.478 e. The molecule has 0 radical (unpaired) electrons. The minimum atomic E-state index is -2.39. The van der Waals surface area contributed by atoms with Crippen LogP contribution in [0.3, 0.4) is 0 Å². The van der Waals surface area contributed by atoms with Crippen LogP contribution in [0, 0.1) is 5.82 Å². The van der Waals surface area contributed by atoms with Gasteiger partial charge in [0.1, 0.15) is 12.1 Å². The predicted octanol–water partition coefficient (Wildman–Crippen LogP) is 2.10. The summed E-state index contributed by atoms with van der Waals surface area (Å²) >= 11 is 0. The number of aliphatic carboxylic acids is 1. The lowest BCUT2D eigenvalue weighted by Gasteiger charge is -2.42. The van der Waals surface area contributed by atoms with E-state index in [2.05, 4.69) is 15.4 Å².